The van der Waals surface area contributed by atoms with Crippen LogP contribution in [0.4, 0.5) is 0 Å². The molecule has 1 rings (SSSR count). The topological polar surface area (TPSA) is 46.6 Å². The Labute approximate surface area is 122 Å². The number of halogens is 1. The lowest BCUT2D eigenvalue weighted by Gasteiger charge is -2.19. The zero-order valence-electron chi connectivity index (χ0n) is 10.9. The monoisotopic (exact) mass is 345 g/mol. The van der Waals surface area contributed by atoms with Gasteiger partial charge in [0.15, 0.2) is 0 Å². The van der Waals surface area contributed by atoms with Crippen LogP contribution in [0, 0.1) is 12.3 Å². The Bertz CT molecular complexity index is 578. The van der Waals surface area contributed by atoms with Crippen molar-refractivity contribution in [1.82, 2.24) is 4.31 Å². The Morgan fingerprint density at radius 2 is 2.16 bits per heavy atom. The van der Waals surface area contributed by atoms with Crippen LogP contribution in [0.5, 0.6) is 5.75 Å². The number of rotatable bonds is 6. The second kappa shape index (κ2) is 6.94. The van der Waals surface area contributed by atoms with Gasteiger partial charge in [-0.3, -0.25) is 0 Å². The van der Waals surface area contributed by atoms with Crippen LogP contribution in [-0.4, -0.2) is 32.9 Å². The predicted octanol–water partition coefficient (Wildman–Crippen LogP) is 2.49. The van der Waals surface area contributed by atoms with Crippen LogP contribution in [-0.2, 0) is 10.0 Å². The molecule has 0 aliphatic rings. The van der Waals surface area contributed by atoms with Crippen LogP contribution < -0.4 is 4.74 Å². The van der Waals surface area contributed by atoms with E-state index in [0.29, 0.717) is 23.2 Å². The van der Waals surface area contributed by atoms with E-state index < -0.39 is 10.0 Å². The minimum absolute atomic E-state index is 0.0693. The maximum Gasteiger partial charge on any atom is 0.243 e. The Kier molecular flexibility index (Phi) is 5.85. The van der Waals surface area contributed by atoms with E-state index in [9.17, 15) is 8.42 Å². The Morgan fingerprint density at radius 1 is 1.47 bits per heavy atom. The van der Waals surface area contributed by atoms with Crippen molar-refractivity contribution in [3.05, 3.63) is 22.7 Å². The first kappa shape index (κ1) is 16.0. The summed E-state index contributed by atoms with van der Waals surface area (Å²) in [5, 5.41) is 0. The van der Waals surface area contributed by atoms with Crippen LogP contribution in [0.1, 0.15) is 13.3 Å². The summed E-state index contributed by atoms with van der Waals surface area (Å²) < 4.78 is 31.8. The quantitative estimate of drug-likeness (QED) is 0.744. The molecule has 0 radical (unpaired) electrons. The largest absolute Gasteiger partial charge is 0.496 e. The molecule has 0 saturated heterocycles. The van der Waals surface area contributed by atoms with Crippen molar-refractivity contribution >= 4 is 26.0 Å². The van der Waals surface area contributed by atoms with Gasteiger partial charge in [-0.2, -0.15) is 4.31 Å². The van der Waals surface area contributed by atoms with Crippen molar-refractivity contribution in [1.29, 1.82) is 0 Å². The molecule has 0 bridgehead atoms. The average Bonchev–Trinajstić information content (AvgIpc) is 2.38. The van der Waals surface area contributed by atoms with Crippen LogP contribution in [0.15, 0.2) is 27.6 Å². The van der Waals surface area contributed by atoms with E-state index in [2.05, 4.69) is 21.9 Å². The molecule has 0 N–H and O–H groups in total. The van der Waals surface area contributed by atoms with Gasteiger partial charge in [-0.05, 0) is 40.5 Å². The third-order valence-corrected chi connectivity index (χ3v) is 4.96. The second-order valence-electron chi connectivity index (χ2n) is 3.84. The lowest BCUT2D eigenvalue weighted by molar-refractivity contribution is 0.411. The van der Waals surface area contributed by atoms with Crippen molar-refractivity contribution in [3.8, 4) is 18.1 Å². The summed E-state index contributed by atoms with van der Waals surface area (Å²) in [5.41, 5.74) is 0. The van der Waals surface area contributed by atoms with Gasteiger partial charge in [0.2, 0.25) is 10.0 Å². The number of sulfonamides is 1. The Hall–Kier alpha value is -1.03. The van der Waals surface area contributed by atoms with Gasteiger partial charge in [0, 0.05) is 6.54 Å². The molecule has 0 atom stereocenters. The van der Waals surface area contributed by atoms with E-state index in [1.807, 2.05) is 6.92 Å². The van der Waals surface area contributed by atoms with Crippen molar-refractivity contribution in [2.24, 2.45) is 0 Å². The zero-order valence-corrected chi connectivity index (χ0v) is 13.3. The van der Waals surface area contributed by atoms with Crippen LogP contribution in [0.25, 0.3) is 0 Å². The molecule has 104 valence electrons. The highest BCUT2D eigenvalue weighted by molar-refractivity contribution is 9.10. The number of hydrogen-bond acceptors (Lipinski definition) is 3. The molecule has 1 aromatic rings. The van der Waals surface area contributed by atoms with Gasteiger partial charge in [-0.15, -0.1) is 6.42 Å². The summed E-state index contributed by atoms with van der Waals surface area (Å²) in [5.74, 6) is 2.96. The molecule has 0 heterocycles. The van der Waals surface area contributed by atoms with Gasteiger partial charge in [0.05, 0.1) is 23.0 Å². The van der Waals surface area contributed by atoms with Gasteiger partial charge in [-0.1, -0.05) is 12.8 Å². The fourth-order valence-electron chi connectivity index (χ4n) is 1.59. The second-order valence-corrected chi connectivity index (χ2v) is 6.63. The molecule has 0 aliphatic heterocycles. The zero-order chi connectivity index (χ0) is 14.5. The summed E-state index contributed by atoms with van der Waals surface area (Å²) >= 11 is 3.28. The summed E-state index contributed by atoms with van der Waals surface area (Å²) in [6.45, 7) is 2.37. The number of benzene rings is 1. The molecule has 4 nitrogen and oxygen atoms in total. The van der Waals surface area contributed by atoms with Gasteiger partial charge in [-0.25, -0.2) is 8.42 Å². The molecule has 0 unspecified atom stereocenters. The third-order valence-electron chi connectivity index (χ3n) is 2.50. The van der Waals surface area contributed by atoms with Gasteiger partial charge >= 0.3 is 0 Å². The number of ether oxygens (including phenoxy) is 1. The van der Waals surface area contributed by atoms with Crippen molar-refractivity contribution in [3.63, 3.8) is 0 Å². The van der Waals surface area contributed by atoms with Crippen LogP contribution in [0.3, 0.4) is 0 Å². The highest BCUT2D eigenvalue weighted by atomic mass is 79.9. The maximum absolute atomic E-state index is 12.4. The van der Waals surface area contributed by atoms with Crippen molar-refractivity contribution < 1.29 is 13.2 Å². The summed E-state index contributed by atoms with van der Waals surface area (Å²) in [6, 6.07) is 4.64. The van der Waals surface area contributed by atoms with Gasteiger partial charge in [0.1, 0.15) is 5.75 Å². The molecule has 0 fully saturated rings. The molecule has 19 heavy (non-hydrogen) atoms. The van der Waals surface area contributed by atoms with Crippen molar-refractivity contribution in [2.45, 2.75) is 18.2 Å². The van der Waals surface area contributed by atoms with E-state index in [4.69, 9.17) is 11.2 Å². The van der Waals surface area contributed by atoms with E-state index >= 15 is 0 Å². The van der Waals surface area contributed by atoms with Gasteiger partial charge in [0.25, 0.3) is 0 Å². The lowest BCUT2D eigenvalue weighted by Crippen LogP contribution is -2.32. The first-order valence-corrected chi connectivity index (χ1v) is 7.97. The van der Waals surface area contributed by atoms with Crippen LogP contribution >= 0.6 is 15.9 Å². The lowest BCUT2D eigenvalue weighted by atomic mass is 10.3. The standard InChI is InChI=1S/C13H16BrNO3S/c1-4-8-15(9-5-2)19(16,17)11-6-7-13(18-3)12(14)10-11/h1,6-7,10H,5,8-9H2,2-3H3. The van der Waals surface area contributed by atoms with Crippen molar-refractivity contribution in [2.75, 3.05) is 20.2 Å². The first-order chi connectivity index (χ1) is 8.97. The summed E-state index contributed by atoms with van der Waals surface area (Å²) in [4.78, 5) is 0.198. The predicted molar refractivity (Wildman–Crippen MR) is 78.6 cm³/mol. The Morgan fingerprint density at radius 3 is 2.63 bits per heavy atom. The normalized spacial score (nSPS) is 11.3. The molecule has 0 saturated carbocycles. The number of methoxy groups -OCH3 is 1. The minimum Gasteiger partial charge on any atom is -0.496 e. The number of terminal acetylenes is 1. The fourth-order valence-corrected chi connectivity index (χ4v) is 3.76. The van der Waals surface area contributed by atoms with Crippen LogP contribution in [0.2, 0.25) is 0 Å². The van der Waals surface area contributed by atoms with E-state index in [1.54, 1.807) is 6.07 Å². The fraction of sp³-hybridized carbons (Fsp3) is 0.385. The minimum atomic E-state index is -3.57. The molecule has 0 aliphatic carbocycles. The number of hydrogen-bond donors (Lipinski definition) is 0. The first-order valence-electron chi connectivity index (χ1n) is 5.74. The van der Waals surface area contributed by atoms with Gasteiger partial charge < -0.3 is 4.74 Å². The van der Waals surface area contributed by atoms with E-state index in [-0.39, 0.29) is 11.4 Å². The highest BCUT2D eigenvalue weighted by Crippen LogP contribution is 2.28. The smallest absolute Gasteiger partial charge is 0.243 e. The molecule has 1 aromatic carbocycles. The maximum atomic E-state index is 12.4. The summed E-state index contributed by atoms with van der Waals surface area (Å²) in [6.07, 6.45) is 5.93. The third kappa shape index (κ3) is 3.72. The summed E-state index contributed by atoms with van der Waals surface area (Å²) in [7, 11) is -2.04. The molecule has 0 amide bonds. The SMILES string of the molecule is C#CCN(CCC)S(=O)(=O)c1ccc(OC)c(Br)c1. The Balaban J connectivity index is 3.18. The number of nitrogens with zero attached hydrogens (tertiary/aromatic N) is 1. The molecule has 6 heteroatoms. The average molecular weight is 346 g/mol. The molecule has 0 spiro atoms. The van der Waals surface area contributed by atoms with E-state index in [0.717, 1.165) is 0 Å². The van der Waals surface area contributed by atoms with E-state index in [1.165, 1.54) is 23.5 Å². The molecular formula is C13H16BrNO3S. The molecule has 0 aromatic heterocycles. The molecular weight excluding hydrogens is 330 g/mol. The highest BCUT2D eigenvalue weighted by Gasteiger charge is 2.23.